The highest BCUT2D eigenvalue weighted by Gasteiger charge is 2.50. The molecule has 0 saturated carbocycles. The first-order valence-corrected chi connectivity index (χ1v) is 5.18. The van der Waals surface area contributed by atoms with Crippen LogP contribution in [-0.4, -0.2) is 33.8 Å². The first kappa shape index (κ1) is 11.5. The summed E-state index contributed by atoms with van der Waals surface area (Å²) in [5.74, 6) is -0.0654. The van der Waals surface area contributed by atoms with Crippen molar-refractivity contribution < 1.29 is 10.0 Å². The molecule has 2 N–H and O–H groups in total. The van der Waals surface area contributed by atoms with Crippen LogP contribution in [-0.2, 0) is 4.79 Å². The van der Waals surface area contributed by atoms with Gasteiger partial charge in [-0.15, -0.1) is 0 Å². The van der Waals surface area contributed by atoms with Gasteiger partial charge >= 0.3 is 0 Å². The molecule has 1 aliphatic heterocycles. The lowest BCUT2D eigenvalue weighted by Crippen LogP contribution is -2.71. The Labute approximate surface area is 85.2 Å². The van der Waals surface area contributed by atoms with Crippen molar-refractivity contribution in [3.63, 3.8) is 0 Å². The average molecular weight is 200 g/mol. The van der Waals surface area contributed by atoms with E-state index in [0.717, 1.165) is 0 Å². The second-order valence-electron chi connectivity index (χ2n) is 4.55. The Hall–Kier alpha value is -0.610. The lowest BCUT2D eigenvalue weighted by Gasteiger charge is -2.50. The number of hydrogen-bond acceptors (Lipinski definition) is 3. The first-order valence-electron chi connectivity index (χ1n) is 5.18. The maximum absolute atomic E-state index is 11.8. The minimum Gasteiger partial charge on any atom is -0.352 e. The lowest BCUT2D eigenvalue weighted by molar-refractivity contribution is -0.242. The van der Waals surface area contributed by atoms with Crippen molar-refractivity contribution >= 4 is 5.91 Å². The smallest absolute Gasteiger partial charge is 0.242 e. The van der Waals surface area contributed by atoms with E-state index in [1.807, 2.05) is 27.7 Å². The summed E-state index contributed by atoms with van der Waals surface area (Å²) < 4.78 is 0. The number of carbonyl (C=O) groups excluding carboxylic acids is 1. The molecule has 0 aromatic heterocycles. The number of piperazine rings is 1. The molecule has 1 aliphatic rings. The summed E-state index contributed by atoms with van der Waals surface area (Å²) >= 11 is 0. The van der Waals surface area contributed by atoms with Crippen molar-refractivity contribution in [1.82, 2.24) is 10.4 Å². The van der Waals surface area contributed by atoms with E-state index in [1.165, 1.54) is 5.06 Å². The first-order chi connectivity index (χ1) is 6.40. The maximum Gasteiger partial charge on any atom is 0.242 e. The van der Waals surface area contributed by atoms with E-state index in [-0.39, 0.29) is 11.4 Å². The van der Waals surface area contributed by atoms with Gasteiger partial charge in [-0.05, 0) is 26.7 Å². The second-order valence-corrected chi connectivity index (χ2v) is 4.55. The standard InChI is InChI=1S/C10H20N2O2/c1-5-10(6-2)8(13)11-7-9(3,4)12(10)14/h14H,5-7H2,1-4H3,(H,11,13). The quantitative estimate of drug-likeness (QED) is 0.703. The van der Waals surface area contributed by atoms with Crippen molar-refractivity contribution in [2.45, 2.75) is 51.6 Å². The Morgan fingerprint density at radius 1 is 1.43 bits per heavy atom. The fourth-order valence-corrected chi connectivity index (χ4v) is 2.08. The third-order valence-electron chi connectivity index (χ3n) is 3.25. The molecule has 0 radical (unpaired) electrons. The lowest BCUT2D eigenvalue weighted by atomic mass is 9.84. The van der Waals surface area contributed by atoms with Gasteiger partial charge < -0.3 is 10.5 Å². The van der Waals surface area contributed by atoms with E-state index in [0.29, 0.717) is 19.4 Å². The van der Waals surface area contributed by atoms with Crippen molar-refractivity contribution in [2.24, 2.45) is 0 Å². The number of hydroxylamine groups is 2. The number of amides is 1. The number of nitrogens with one attached hydrogen (secondary N) is 1. The summed E-state index contributed by atoms with van der Waals surface area (Å²) in [6.07, 6.45) is 1.24. The van der Waals surface area contributed by atoms with Crippen molar-refractivity contribution in [2.75, 3.05) is 6.54 Å². The largest absolute Gasteiger partial charge is 0.352 e. The van der Waals surface area contributed by atoms with Crippen LogP contribution >= 0.6 is 0 Å². The van der Waals surface area contributed by atoms with Crippen LogP contribution in [0.4, 0.5) is 0 Å². The third kappa shape index (κ3) is 1.42. The minimum atomic E-state index is -0.748. The SMILES string of the molecule is CCC1(CC)C(=O)NCC(C)(C)N1O. The third-order valence-corrected chi connectivity index (χ3v) is 3.25. The summed E-state index contributed by atoms with van der Waals surface area (Å²) in [5.41, 5.74) is -1.14. The second kappa shape index (κ2) is 3.51. The van der Waals surface area contributed by atoms with Gasteiger partial charge in [0.05, 0.1) is 5.54 Å². The van der Waals surface area contributed by atoms with Gasteiger partial charge in [-0.1, -0.05) is 13.8 Å². The van der Waals surface area contributed by atoms with Crippen molar-refractivity contribution in [3.8, 4) is 0 Å². The van der Waals surface area contributed by atoms with E-state index in [9.17, 15) is 10.0 Å². The number of rotatable bonds is 2. The molecule has 0 atom stereocenters. The van der Waals surface area contributed by atoms with Crippen LogP contribution in [0.25, 0.3) is 0 Å². The summed E-state index contributed by atoms with van der Waals surface area (Å²) in [5, 5.41) is 14.2. The van der Waals surface area contributed by atoms with Crippen LogP contribution in [0.1, 0.15) is 40.5 Å². The highest BCUT2D eigenvalue weighted by atomic mass is 16.5. The molecule has 1 saturated heterocycles. The van der Waals surface area contributed by atoms with Gasteiger partial charge in [0.15, 0.2) is 0 Å². The zero-order chi connectivity index (χ0) is 11.0. The molecule has 4 nitrogen and oxygen atoms in total. The van der Waals surface area contributed by atoms with Gasteiger partial charge in [-0.3, -0.25) is 4.79 Å². The predicted molar refractivity (Wildman–Crippen MR) is 54.0 cm³/mol. The highest BCUT2D eigenvalue weighted by Crippen LogP contribution is 2.32. The molecule has 0 aliphatic carbocycles. The van der Waals surface area contributed by atoms with E-state index < -0.39 is 5.54 Å². The average Bonchev–Trinajstić information content (AvgIpc) is 2.16. The Morgan fingerprint density at radius 2 is 1.93 bits per heavy atom. The molecule has 1 amide bonds. The highest BCUT2D eigenvalue weighted by molar-refractivity contribution is 5.87. The van der Waals surface area contributed by atoms with Crippen LogP contribution in [0.5, 0.6) is 0 Å². The fraction of sp³-hybridized carbons (Fsp3) is 0.900. The van der Waals surface area contributed by atoms with Crippen LogP contribution in [0.15, 0.2) is 0 Å². The monoisotopic (exact) mass is 200 g/mol. The molecule has 4 heteroatoms. The molecule has 1 rings (SSSR count). The topological polar surface area (TPSA) is 52.6 Å². The number of hydrogen-bond donors (Lipinski definition) is 2. The Bertz CT molecular complexity index is 234. The van der Waals surface area contributed by atoms with Crippen LogP contribution in [0.3, 0.4) is 0 Å². The minimum absolute atomic E-state index is 0.0654. The van der Waals surface area contributed by atoms with E-state index >= 15 is 0 Å². The van der Waals surface area contributed by atoms with Crippen LogP contribution in [0.2, 0.25) is 0 Å². The van der Waals surface area contributed by atoms with Crippen molar-refractivity contribution in [3.05, 3.63) is 0 Å². The Balaban J connectivity index is 3.05. The number of carbonyl (C=O) groups is 1. The molecular formula is C10H20N2O2. The van der Waals surface area contributed by atoms with Gasteiger partial charge in [0.25, 0.3) is 0 Å². The van der Waals surface area contributed by atoms with E-state index in [2.05, 4.69) is 5.32 Å². The molecule has 0 aromatic rings. The van der Waals surface area contributed by atoms with E-state index in [4.69, 9.17) is 0 Å². The molecule has 0 aromatic carbocycles. The summed E-state index contributed by atoms with van der Waals surface area (Å²) in [7, 11) is 0. The van der Waals surface area contributed by atoms with Crippen LogP contribution in [0, 0.1) is 0 Å². The molecule has 1 fully saturated rings. The van der Waals surface area contributed by atoms with Gasteiger partial charge in [-0.2, -0.15) is 5.06 Å². The number of nitrogens with zero attached hydrogens (tertiary/aromatic N) is 1. The molecule has 0 bridgehead atoms. The van der Waals surface area contributed by atoms with Gasteiger partial charge in [0.1, 0.15) is 5.54 Å². The Kier molecular flexibility index (Phi) is 2.88. The fourth-order valence-electron chi connectivity index (χ4n) is 2.08. The van der Waals surface area contributed by atoms with E-state index in [1.54, 1.807) is 0 Å². The van der Waals surface area contributed by atoms with Gasteiger partial charge in [-0.25, -0.2) is 0 Å². The molecule has 0 unspecified atom stereocenters. The van der Waals surface area contributed by atoms with Crippen molar-refractivity contribution in [1.29, 1.82) is 0 Å². The summed E-state index contributed by atoms with van der Waals surface area (Å²) in [6, 6.07) is 0. The normalized spacial score (nSPS) is 25.9. The summed E-state index contributed by atoms with van der Waals surface area (Å²) in [4.78, 5) is 11.8. The molecular weight excluding hydrogens is 180 g/mol. The predicted octanol–water partition coefficient (Wildman–Crippen LogP) is 1.14. The maximum atomic E-state index is 11.8. The van der Waals surface area contributed by atoms with Gasteiger partial charge in [0, 0.05) is 6.54 Å². The molecule has 0 spiro atoms. The molecule has 82 valence electrons. The zero-order valence-corrected chi connectivity index (χ0v) is 9.42. The molecule has 1 heterocycles. The zero-order valence-electron chi connectivity index (χ0n) is 9.42. The van der Waals surface area contributed by atoms with Crippen LogP contribution < -0.4 is 5.32 Å². The summed E-state index contributed by atoms with van der Waals surface area (Å²) in [6.45, 7) is 8.19. The Morgan fingerprint density at radius 3 is 2.29 bits per heavy atom. The molecule has 14 heavy (non-hydrogen) atoms. The van der Waals surface area contributed by atoms with Gasteiger partial charge in [0.2, 0.25) is 5.91 Å².